The second-order valence-corrected chi connectivity index (χ2v) is 4.61. The van der Waals surface area contributed by atoms with E-state index in [0.717, 1.165) is 19.4 Å². The van der Waals surface area contributed by atoms with Crippen molar-refractivity contribution in [2.45, 2.75) is 19.3 Å². The molecule has 1 aliphatic carbocycles. The molecule has 0 spiro atoms. The molecule has 100 valence electrons. The van der Waals surface area contributed by atoms with Gasteiger partial charge in [0, 0.05) is 20.3 Å². The maximum atomic E-state index is 11.4. The molecule has 1 rings (SSSR count). The molecule has 0 saturated heterocycles. The molecule has 5 heteroatoms. The molecule has 2 atom stereocenters. The predicted molar refractivity (Wildman–Crippen MR) is 65.7 cm³/mol. The first-order chi connectivity index (χ1) is 8.27. The third-order valence-electron chi connectivity index (χ3n) is 3.37. The Bertz CT molecular complexity index is 224. The van der Waals surface area contributed by atoms with E-state index in [2.05, 4.69) is 10.6 Å². The molecule has 2 unspecified atom stereocenters. The number of methoxy groups -OCH3 is 1. The van der Waals surface area contributed by atoms with Gasteiger partial charge in [0.05, 0.1) is 13.2 Å². The van der Waals surface area contributed by atoms with Crippen molar-refractivity contribution in [1.29, 1.82) is 0 Å². The second-order valence-electron chi connectivity index (χ2n) is 4.61. The summed E-state index contributed by atoms with van der Waals surface area (Å²) in [6.07, 6.45) is 3.46. The number of ether oxygens (including phenoxy) is 1. The van der Waals surface area contributed by atoms with Crippen molar-refractivity contribution >= 4 is 5.91 Å². The summed E-state index contributed by atoms with van der Waals surface area (Å²) in [4.78, 5) is 11.4. The number of amides is 1. The van der Waals surface area contributed by atoms with Crippen molar-refractivity contribution in [2.24, 2.45) is 11.8 Å². The minimum atomic E-state index is 0.000551. The van der Waals surface area contributed by atoms with Crippen LogP contribution in [-0.4, -0.2) is 51.0 Å². The first kappa shape index (κ1) is 14.4. The highest BCUT2D eigenvalue weighted by atomic mass is 16.5. The summed E-state index contributed by atoms with van der Waals surface area (Å²) in [5, 5.41) is 15.1. The molecule has 0 aromatic carbocycles. The van der Waals surface area contributed by atoms with Gasteiger partial charge in [0.25, 0.3) is 0 Å². The van der Waals surface area contributed by atoms with Crippen LogP contribution in [0, 0.1) is 11.8 Å². The quantitative estimate of drug-likeness (QED) is 0.515. The number of nitrogens with one attached hydrogen (secondary N) is 2. The Morgan fingerprint density at radius 2 is 2.18 bits per heavy atom. The minimum Gasteiger partial charge on any atom is -0.396 e. The lowest BCUT2D eigenvalue weighted by molar-refractivity contribution is -0.120. The zero-order valence-corrected chi connectivity index (χ0v) is 10.6. The minimum absolute atomic E-state index is 0.000551. The molecule has 0 aromatic rings. The van der Waals surface area contributed by atoms with Crippen molar-refractivity contribution in [3.8, 4) is 0 Å². The molecule has 1 saturated carbocycles. The van der Waals surface area contributed by atoms with Gasteiger partial charge in [0.15, 0.2) is 0 Å². The van der Waals surface area contributed by atoms with E-state index in [-0.39, 0.29) is 12.5 Å². The molecule has 3 N–H and O–H groups in total. The predicted octanol–water partition coefficient (Wildman–Crippen LogP) is -0.253. The standard InChI is InChI=1S/C12H24N2O3/c1-17-6-5-14-12(16)8-13-7-10-3-2-4-11(10)9-15/h10-11,13,15H,2-9H2,1H3,(H,14,16). The maximum Gasteiger partial charge on any atom is 0.234 e. The average molecular weight is 244 g/mol. The Morgan fingerprint density at radius 1 is 1.41 bits per heavy atom. The topological polar surface area (TPSA) is 70.6 Å². The number of aliphatic hydroxyl groups excluding tert-OH is 1. The number of rotatable bonds is 8. The van der Waals surface area contributed by atoms with E-state index in [1.807, 2.05) is 0 Å². The summed E-state index contributed by atoms with van der Waals surface area (Å²) in [5.41, 5.74) is 0. The third kappa shape index (κ3) is 5.48. The van der Waals surface area contributed by atoms with Crippen LogP contribution in [0.15, 0.2) is 0 Å². The van der Waals surface area contributed by atoms with Gasteiger partial charge < -0.3 is 20.5 Å². The number of aliphatic hydroxyl groups is 1. The molecule has 1 amide bonds. The Kier molecular flexibility index (Phi) is 7.16. The number of hydrogen-bond acceptors (Lipinski definition) is 4. The van der Waals surface area contributed by atoms with Crippen molar-refractivity contribution < 1.29 is 14.6 Å². The number of carbonyl (C=O) groups excluding carboxylic acids is 1. The van der Waals surface area contributed by atoms with E-state index < -0.39 is 0 Å². The fourth-order valence-corrected chi connectivity index (χ4v) is 2.35. The zero-order chi connectivity index (χ0) is 12.5. The Labute approximate surface area is 103 Å². The lowest BCUT2D eigenvalue weighted by Crippen LogP contribution is -2.38. The molecule has 0 aliphatic heterocycles. The van der Waals surface area contributed by atoms with Crippen molar-refractivity contribution in [3.05, 3.63) is 0 Å². The van der Waals surface area contributed by atoms with E-state index in [0.29, 0.717) is 31.5 Å². The summed E-state index contributed by atoms with van der Waals surface area (Å²) in [6.45, 7) is 2.54. The van der Waals surface area contributed by atoms with Crippen LogP contribution in [0.3, 0.4) is 0 Å². The first-order valence-electron chi connectivity index (χ1n) is 6.35. The normalized spacial score (nSPS) is 23.9. The average Bonchev–Trinajstić information content (AvgIpc) is 2.77. The molecule has 0 heterocycles. The molecule has 0 radical (unpaired) electrons. The van der Waals surface area contributed by atoms with Crippen LogP contribution in [0.2, 0.25) is 0 Å². The van der Waals surface area contributed by atoms with E-state index in [9.17, 15) is 4.79 Å². The Morgan fingerprint density at radius 3 is 2.88 bits per heavy atom. The van der Waals surface area contributed by atoms with E-state index in [4.69, 9.17) is 9.84 Å². The van der Waals surface area contributed by atoms with Gasteiger partial charge in [-0.25, -0.2) is 0 Å². The second kappa shape index (κ2) is 8.44. The SMILES string of the molecule is COCCNC(=O)CNCC1CCCC1CO. The van der Waals surface area contributed by atoms with E-state index in [1.165, 1.54) is 6.42 Å². The van der Waals surface area contributed by atoms with Gasteiger partial charge >= 0.3 is 0 Å². The molecular formula is C12H24N2O3. The van der Waals surface area contributed by atoms with Gasteiger partial charge in [0.2, 0.25) is 5.91 Å². The summed E-state index contributed by atoms with van der Waals surface area (Å²) < 4.78 is 4.84. The molecule has 0 bridgehead atoms. The van der Waals surface area contributed by atoms with Gasteiger partial charge in [0.1, 0.15) is 0 Å². The fraction of sp³-hybridized carbons (Fsp3) is 0.917. The van der Waals surface area contributed by atoms with Gasteiger partial charge in [-0.2, -0.15) is 0 Å². The summed E-state index contributed by atoms with van der Waals surface area (Å²) in [6, 6.07) is 0. The maximum absolute atomic E-state index is 11.4. The third-order valence-corrected chi connectivity index (χ3v) is 3.37. The van der Waals surface area contributed by atoms with Gasteiger partial charge in [-0.05, 0) is 31.2 Å². The number of carbonyl (C=O) groups is 1. The van der Waals surface area contributed by atoms with E-state index in [1.54, 1.807) is 7.11 Å². The highest BCUT2D eigenvalue weighted by Gasteiger charge is 2.25. The first-order valence-corrected chi connectivity index (χ1v) is 6.35. The molecular weight excluding hydrogens is 220 g/mol. The number of hydrogen-bond donors (Lipinski definition) is 3. The Balaban J connectivity index is 2.04. The van der Waals surface area contributed by atoms with Crippen LogP contribution in [0.1, 0.15) is 19.3 Å². The van der Waals surface area contributed by atoms with Crippen molar-refractivity contribution in [2.75, 3.05) is 40.0 Å². The summed E-state index contributed by atoms with van der Waals surface area (Å²) in [5.74, 6) is 0.937. The lowest BCUT2D eigenvalue weighted by atomic mass is 9.97. The lowest BCUT2D eigenvalue weighted by Gasteiger charge is -2.17. The Hall–Kier alpha value is -0.650. The highest BCUT2D eigenvalue weighted by Crippen LogP contribution is 2.30. The van der Waals surface area contributed by atoms with Crippen molar-refractivity contribution in [3.63, 3.8) is 0 Å². The van der Waals surface area contributed by atoms with Gasteiger partial charge in [-0.15, -0.1) is 0 Å². The molecule has 5 nitrogen and oxygen atoms in total. The largest absolute Gasteiger partial charge is 0.396 e. The molecule has 1 aliphatic rings. The molecule has 17 heavy (non-hydrogen) atoms. The van der Waals surface area contributed by atoms with Crippen LogP contribution < -0.4 is 10.6 Å². The molecule has 0 aromatic heterocycles. The van der Waals surface area contributed by atoms with Crippen LogP contribution in [0.4, 0.5) is 0 Å². The van der Waals surface area contributed by atoms with Gasteiger partial charge in [-0.1, -0.05) is 6.42 Å². The highest BCUT2D eigenvalue weighted by molar-refractivity contribution is 5.77. The molecule has 1 fully saturated rings. The van der Waals surface area contributed by atoms with Crippen LogP contribution in [-0.2, 0) is 9.53 Å². The van der Waals surface area contributed by atoms with Crippen LogP contribution in [0.5, 0.6) is 0 Å². The monoisotopic (exact) mass is 244 g/mol. The zero-order valence-electron chi connectivity index (χ0n) is 10.6. The summed E-state index contributed by atoms with van der Waals surface area (Å²) >= 11 is 0. The van der Waals surface area contributed by atoms with E-state index >= 15 is 0 Å². The smallest absolute Gasteiger partial charge is 0.234 e. The fourth-order valence-electron chi connectivity index (χ4n) is 2.35. The van der Waals surface area contributed by atoms with Crippen LogP contribution >= 0.6 is 0 Å². The van der Waals surface area contributed by atoms with Crippen molar-refractivity contribution in [1.82, 2.24) is 10.6 Å². The van der Waals surface area contributed by atoms with Gasteiger partial charge in [-0.3, -0.25) is 4.79 Å². The van der Waals surface area contributed by atoms with Crippen LogP contribution in [0.25, 0.3) is 0 Å². The summed E-state index contributed by atoms with van der Waals surface area (Å²) in [7, 11) is 1.61.